The van der Waals surface area contributed by atoms with Gasteiger partial charge in [0.15, 0.2) is 5.82 Å². The number of aryl methyl sites for hydroxylation is 2. The summed E-state index contributed by atoms with van der Waals surface area (Å²) in [5, 5.41) is 0. The second-order valence-electron chi connectivity index (χ2n) is 7.90. The fourth-order valence-electron chi connectivity index (χ4n) is 4.03. The van der Waals surface area contributed by atoms with Crippen LogP contribution in [0.15, 0.2) is 61.1 Å². The maximum atomic E-state index is 12.7. The molecule has 0 spiro atoms. The van der Waals surface area contributed by atoms with E-state index in [1.807, 2.05) is 65.0 Å². The first-order chi connectivity index (χ1) is 15.1. The SMILES string of the molecule is Cc1cc(N2CCN(C(=O)c3ccccc3)CC2)nc(-c2cn3ccnc3cc2C)n1. The molecule has 0 saturated carbocycles. The van der Waals surface area contributed by atoms with E-state index in [1.54, 1.807) is 6.20 Å². The van der Waals surface area contributed by atoms with Crippen LogP contribution in [-0.2, 0) is 0 Å². The van der Waals surface area contributed by atoms with E-state index >= 15 is 0 Å². The molecule has 31 heavy (non-hydrogen) atoms. The molecule has 1 aromatic carbocycles. The molecule has 1 aliphatic rings. The Morgan fingerprint density at radius 3 is 2.52 bits per heavy atom. The van der Waals surface area contributed by atoms with Crippen molar-refractivity contribution >= 4 is 17.4 Å². The molecule has 0 aliphatic carbocycles. The first kappa shape index (κ1) is 19.2. The number of nitrogens with zero attached hydrogens (tertiary/aromatic N) is 6. The molecule has 0 atom stereocenters. The van der Waals surface area contributed by atoms with Crippen LogP contribution in [0.1, 0.15) is 21.6 Å². The monoisotopic (exact) mass is 412 g/mol. The summed E-state index contributed by atoms with van der Waals surface area (Å²) >= 11 is 0. The lowest BCUT2D eigenvalue weighted by Crippen LogP contribution is -2.49. The maximum absolute atomic E-state index is 12.7. The van der Waals surface area contributed by atoms with Crippen molar-refractivity contribution in [3.8, 4) is 11.4 Å². The van der Waals surface area contributed by atoms with Crippen LogP contribution in [0.3, 0.4) is 0 Å². The van der Waals surface area contributed by atoms with Gasteiger partial charge in [0.2, 0.25) is 0 Å². The van der Waals surface area contributed by atoms with Crippen LogP contribution in [0.2, 0.25) is 0 Å². The number of piperazine rings is 1. The van der Waals surface area contributed by atoms with Gasteiger partial charge in [-0.05, 0) is 37.6 Å². The van der Waals surface area contributed by atoms with Gasteiger partial charge in [-0.25, -0.2) is 15.0 Å². The molecule has 1 aliphatic heterocycles. The van der Waals surface area contributed by atoms with Gasteiger partial charge in [-0.2, -0.15) is 0 Å². The first-order valence-electron chi connectivity index (χ1n) is 10.5. The second kappa shape index (κ2) is 7.83. The number of imidazole rings is 1. The number of anilines is 1. The molecular formula is C24H24N6O. The largest absolute Gasteiger partial charge is 0.353 e. The van der Waals surface area contributed by atoms with Crippen molar-refractivity contribution in [3.63, 3.8) is 0 Å². The summed E-state index contributed by atoms with van der Waals surface area (Å²) in [5.74, 6) is 1.70. The Bertz CT molecular complexity index is 1240. The Morgan fingerprint density at radius 2 is 1.74 bits per heavy atom. The van der Waals surface area contributed by atoms with Crippen molar-refractivity contribution in [1.29, 1.82) is 0 Å². The minimum atomic E-state index is 0.0871. The molecule has 1 fully saturated rings. The standard InChI is InChI=1S/C24H24N6O/c1-17-14-21-25-8-9-30(21)16-20(17)23-26-18(2)15-22(27-23)28-10-12-29(13-11-28)24(31)19-6-4-3-5-7-19/h3-9,14-16H,10-13H2,1-2H3. The van der Waals surface area contributed by atoms with Crippen LogP contribution in [0.25, 0.3) is 17.0 Å². The minimum Gasteiger partial charge on any atom is -0.353 e. The van der Waals surface area contributed by atoms with Gasteiger partial charge >= 0.3 is 0 Å². The maximum Gasteiger partial charge on any atom is 0.253 e. The van der Waals surface area contributed by atoms with E-state index in [-0.39, 0.29) is 5.91 Å². The number of carbonyl (C=O) groups excluding carboxylic acids is 1. The van der Waals surface area contributed by atoms with Crippen molar-refractivity contribution in [2.75, 3.05) is 31.1 Å². The average Bonchev–Trinajstić information content (AvgIpc) is 3.25. The zero-order valence-electron chi connectivity index (χ0n) is 17.7. The average molecular weight is 412 g/mol. The number of aromatic nitrogens is 4. The fraction of sp³-hybridized carbons (Fsp3) is 0.250. The summed E-state index contributed by atoms with van der Waals surface area (Å²) in [6.07, 6.45) is 5.75. The topological polar surface area (TPSA) is 66.6 Å². The Morgan fingerprint density at radius 1 is 0.968 bits per heavy atom. The number of pyridine rings is 1. The molecule has 1 amide bonds. The predicted molar refractivity (Wildman–Crippen MR) is 120 cm³/mol. The molecule has 1 saturated heterocycles. The van der Waals surface area contributed by atoms with Crippen LogP contribution in [0, 0.1) is 13.8 Å². The third kappa shape index (κ3) is 3.74. The summed E-state index contributed by atoms with van der Waals surface area (Å²) < 4.78 is 1.99. The summed E-state index contributed by atoms with van der Waals surface area (Å²) in [7, 11) is 0. The summed E-state index contributed by atoms with van der Waals surface area (Å²) in [5.41, 5.74) is 4.66. The molecule has 4 heterocycles. The van der Waals surface area contributed by atoms with Gasteiger partial charge in [0, 0.05) is 67.7 Å². The molecule has 7 heteroatoms. The molecule has 7 nitrogen and oxygen atoms in total. The van der Waals surface area contributed by atoms with Crippen molar-refractivity contribution < 1.29 is 4.79 Å². The molecule has 3 aromatic heterocycles. The van der Waals surface area contributed by atoms with Crippen LogP contribution >= 0.6 is 0 Å². The molecule has 0 N–H and O–H groups in total. The molecule has 0 unspecified atom stereocenters. The predicted octanol–water partition coefficient (Wildman–Crippen LogP) is 3.37. The Kier molecular flexibility index (Phi) is 4.86. The second-order valence-corrected chi connectivity index (χ2v) is 7.90. The fourth-order valence-corrected chi connectivity index (χ4v) is 4.03. The van der Waals surface area contributed by atoms with E-state index in [2.05, 4.69) is 22.9 Å². The minimum absolute atomic E-state index is 0.0871. The highest BCUT2D eigenvalue weighted by molar-refractivity contribution is 5.94. The number of hydrogen-bond acceptors (Lipinski definition) is 5. The lowest BCUT2D eigenvalue weighted by Gasteiger charge is -2.35. The molecule has 4 aromatic rings. The van der Waals surface area contributed by atoms with E-state index < -0.39 is 0 Å². The zero-order valence-corrected chi connectivity index (χ0v) is 17.7. The quantitative estimate of drug-likeness (QED) is 0.516. The van der Waals surface area contributed by atoms with E-state index in [1.165, 1.54) is 0 Å². The van der Waals surface area contributed by atoms with Gasteiger partial charge in [-0.15, -0.1) is 0 Å². The van der Waals surface area contributed by atoms with E-state index in [4.69, 9.17) is 9.97 Å². The van der Waals surface area contributed by atoms with Crippen LogP contribution in [0.5, 0.6) is 0 Å². The molecule has 5 rings (SSSR count). The highest BCUT2D eigenvalue weighted by Crippen LogP contribution is 2.25. The first-order valence-corrected chi connectivity index (χ1v) is 10.5. The van der Waals surface area contributed by atoms with Gasteiger partial charge in [0.05, 0.1) is 0 Å². The number of hydrogen-bond donors (Lipinski definition) is 0. The van der Waals surface area contributed by atoms with Crippen molar-refractivity contribution in [3.05, 3.63) is 77.9 Å². The molecule has 0 bridgehead atoms. The summed E-state index contributed by atoms with van der Waals surface area (Å²) in [6.45, 7) is 6.89. The normalized spacial score (nSPS) is 14.3. The smallest absolute Gasteiger partial charge is 0.253 e. The Balaban J connectivity index is 1.37. The van der Waals surface area contributed by atoms with Crippen LogP contribution in [0.4, 0.5) is 5.82 Å². The Hall–Kier alpha value is -3.74. The highest BCUT2D eigenvalue weighted by Gasteiger charge is 2.23. The van der Waals surface area contributed by atoms with E-state index in [9.17, 15) is 4.79 Å². The van der Waals surface area contributed by atoms with Gasteiger partial charge in [0.25, 0.3) is 5.91 Å². The highest BCUT2D eigenvalue weighted by atomic mass is 16.2. The van der Waals surface area contributed by atoms with Crippen LogP contribution < -0.4 is 4.90 Å². The number of fused-ring (bicyclic) bond motifs is 1. The number of benzene rings is 1. The van der Waals surface area contributed by atoms with Crippen molar-refractivity contribution in [2.45, 2.75) is 13.8 Å². The van der Waals surface area contributed by atoms with Crippen LogP contribution in [-0.4, -0.2) is 56.3 Å². The lowest BCUT2D eigenvalue weighted by molar-refractivity contribution is 0.0746. The Labute approximate surface area is 181 Å². The number of carbonyl (C=O) groups is 1. The summed E-state index contributed by atoms with van der Waals surface area (Å²) in [6, 6.07) is 13.5. The number of amides is 1. The number of rotatable bonds is 3. The van der Waals surface area contributed by atoms with Gasteiger partial charge in [-0.1, -0.05) is 18.2 Å². The van der Waals surface area contributed by atoms with Gasteiger partial charge < -0.3 is 14.2 Å². The third-order valence-corrected chi connectivity index (χ3v) is 5.73. The van der Waals surface area contributed by atoms with E-state index in [0.717, 1.165) is 46.9 Å². The molecule has 0 radical (unpaired) electrons. The van der Waals surface area contributed by atoms with Gasteiger partial charge in [-0.3, -0.25) is 4.79 Å². The molecule has 156 valence electrons. The van der Waals surface area contributed by atoms with Crippen molar-refractivity contribution in [1.82, 2.24) is 24.3 Å². The van der Waals surface area contributed by atoms with E-state index in [0.29, 0.717) is 18.9 Å². The molecular weight excluding hydrogens is 388 g/mol. The van der Waals surface area contributed by atoms with Gasteiger partial charge in [0.1, 0.15) is 11.5 Å². The third-order valence-electron chi connectivity index (χ3n) is 5.73. The lowest BCUT2D eigenvalue weighted by atomic mass is 10.1. The summed E-state index contributed by atoms with van der Waals surface area (Å²) in [4.78, 5) is 30.8. The zero-order chi connectivity index (χ0) is 21.4. The van der Waals surface area contributed by atoms with Crippen molar-refractivity contribution in [2.24, 2.45) is 0 Å².